The molecule has 0 atom stereocenters. The quantitative estimate of drug-likeness (QED) is 0.434. The van der Waals surface area contributed by atoms with E-state index in [0.29, 0.717) is 10.8 Å². The summed E-state index contributed by atoms with van der Waals surface area (Å²) in [4.78, 5) is 13.8. The van der Waals surface area contributed by atoms with E-state index in [1.165, 1.54) is 23.9 Å². The Labute approximate surface area is 84.3 Å². The fourth-order valence-corrected chi connectivity index (χ4v) is 1.52. The molecule has 7 heteroatoms. The zero-order valence-electron chi connectivity index (χ0n) is 7.21. The second kappa shape index (κ2) is 4.77. The first kappa shape index (κ1) is 10.7. The summed E-state index contributed by atoms with van der Waals surface area (Å²) >= 11 is 1.22. The fraction of sp³-hybridized carbons (Fsp3) is 0.286. The van der Waals surface area contributed by atoms with Crippen LogP contribution >= 0.6 is 11.8 Å². The van der Waals surface area contributed by atoms with Crippen LogP contribution in [0.25, 0.3) is 0 Å². The number of nitro groups is 1. The van der Waals surface area contributed by atoms with Crippen molar-refractivity contribution in [3.63, 3.8) is 0 Å². The number of nitrogens with zero attached hydrogens (tertiary/aromatic N) is 2. The van der Waals surface area contributed by atoms with E-state index in [1.54, 1.807) is 0 Å². The van der Waals surface area contributed by atoms with Gasteiger partial charge in [0.2, 0.25) is 0 Å². The molecule has 0 aliphatic rings. The average molecular weight is 215 g/mol. The highest BCUT2D eigenvalue weighted by molar-refractivity contribution is 7.99. The van der Waals surface area contributed by atoms with Gasteiger partial charge in [0.05, 0.1) is 17.6 Å². The molecule has 0 amide bonds. The molecule has 0 saturated carbocycles. The van der Waals surface area contributed by atoms with Crippen molar-refractivity contribution < 1.29 is 10.0 Å². The molecule has 1 aromatic heterocycles. The molecule has 0 saturated heterocycles. The summed E-state index contributed by atoms with van der Waals surface area (Å²) in [5, 5.41) is 19.5. The minimum atomic E-state index is -0.527. The van der Waals surface area contributed by atoms with Crippen LogP contribution in [-0.2, 0) is 0 Å². The minimum Gasteiger partial charge on any atom is -0.396 e. The molecular formula is C7H9N3O3S. The smallest absolute Gasteiger partial charge is 0.275 e. The predicted octanol–water partition coefficient (Wildman–Crippen LogP) is 0.656. The van der Waals surface area contributed by atoms with E-state index in [9.17, 15) is 10.1 Å². The normalized spacial score (nSPS) is 10.1. The monoisotopic (exact) mass is 215 g/mol. The molecule has 0 bridgehead atoms. The molecule has 1 heterocycles. The third-order valence-electron chi connectivity index (χ3n) is 1.36. The van der Waals surface area contributed by atoms with Crippen LogP contribution in [0.15, 0.2) is 17.2 Å². The number of aliphatic hydroxyl groups excluding tert-OH is 1. The van der Waals surface area contributed by atoms with Crippen molar-refractivity contribution >= 4 is 23.3 Å². The van der Waals surface area contributed by atoms with Crippen LogP contribution in [0.3, 0.4) is 0 Å². The van der Waals surface area contributed by atoms with Gasteiger partial charge in [-0.1, -0.05) is 0 Å². The number of pyridine rings is 1. The van der Waals surface area contributed by atoms with Crippen LogP contribution in [0.2, 0.25) is 0 Å². The molecule has 1 aromatic rings. The molecule has 0 spiro atoms. The Kier molecular flexibility index (Phi) is 3.66. The van der Waals surface area contributed by atoms with E-state index in [2.05, 4.69) is 4.98 Å². The van der Waals surface area contributed by atoms with Gasteiger partial charge in [-0.25, -0.2) is 4.98 Å². The Balaban J connectivity index is 2.89. The standard InChI is InChI=1S/C7H9N3O3S/c8-6-3-5(10(12)13)4-7(9-6)14-2-1-11/h3-4,11H,1-2H2,(H2,8,9). The summed E-state index contributed by atoms with van der Waals surface area (Å²) in [6, 6.07) is 2.53. The molecule has 76 valence electrons. The highest BCUT2D eigenvalue weighted by Gasteiger charge is 2.09. The Hall–Kier alpha value is -1.34. The van der Waals surface area contributed by atoms with Crippen LogP contribution in [0, 0.1) is 10.1 Å². The molecule has 1 rings (SSSR count). The number of aliphatic hydroxyl groups is 1. The molecule has 14 heavy (non-hydrogen) atoms. The van der Waals surface area contributed by atoms with E-state index in [4.69, 9.17) is 10.8 Å². The Morgan fingerprint density at radius 1 is 1.64 bits per heavy atom. The average Bonchev–Trinajstić information content (AvgIpc) is 2.14. The van der Waals surface area contributed by atoms with Gasteiger partial charge in [0.25, 0.3) is 5.69 Å². The van der Waals surface area contributed by atoms with Crippen molar-refractivity contribution in [2.24, 2.45) is 0 Å². The summed E-state index contributed by atoms with van der Waals surface area (Å²) in [6.45, 7) is -0.00502. The Morgan fingerprint density at radius 2 is 2.36 bits per heavy atom. The lowest BCUT2D eigenvalue weighted by Crippen LogP contribution is -1.96. The molecule has 0 fully saturated rings. The van der Waals surface area contributed by atoms with Crippen molar-refractivity contribution in [2.75, 3.05) is 18.1 Å². The number of nitrogens with two attached hydrogens (primary N) is 1. The molecule has 0 radical (unpaired) electrons. The van der Waals surface area contributed by atoms with Gasteiger partial charge >= 0.3 is 0 Å². The van der Waals surface area contributed by atoms with Gasteiger partial charge in [-0.3, -0.25) is 10.1 Å². The van der Waals surface area contributed by atoms with E-state index < -0.39 is 4.92 Å². The maximum atomic E-state index is 10.4. The van der Waals surface area contributed by atoms with Crippen molar-refractivity contribution in [3.8, 4) is 0 Å². The highest BCUT2D eigenvalue weighted by atomic mass is 32.2. The van der Waals surface area contributed by atoms with Gasteiger partial charge in [-0.15, -0.1) is 11.8 Å². The van der Waals surface area contributed by atoms with Crippen LogP contribution < -0.4 is 5.73 Å². The van der Waals surface area contributed by atoms with Gasteiger partial charge in [0.1, 0.15) is 10.8 Å². The molecule has 0 aromatic carbocycles. The van der Waals surface area contributed by atoms with Gasteiger partial charge in [0, 0.05) is 11.8 Å². The summed E-state index contributed by atoms with van der Waals surface area (Å²) in [5.41, 5.74) is 5.29. The number of aromatic nitrogens is 1. The van der Waals surface area contributed by atoms with Gasteiger partial charge in [0.15, 0.2) is 0 Å². The lowest BCUT2D eigenvalue weighted by atomic mass is 10.4. The fourth-order valence-electron chi connectivity index (χ4n) is 0.841. The lowest BCUT2D eigenvalue weighted by Gasteiger charge is -2.00. The van der Waals surface area contributed by atoms with Crippen LogP contribution in [0.4, 0.5) is 11.5 Å². The molecule has 3 N–H and O–H groups in total. The highest BCUT2D eigenvalue weighted by Crippen LogP contribution is 2.22. The van der Waals surface area contributed by atoms with Crippen molar-refractivity contribution in [2.45, 2.75) is 5.03 Å². The first-order chi connectivity index (χ1) is 6.63. The molecular weight excluding hydrogens is 206 g/mol. The van der Waals surface area contributed by atoms with Crippen molar-refractivity contribution in [3.05, 3.63) is 22.2 Å². The minimum absolute atomic E-state index is 0.00502. The number of thioether (sulfide) groups is 1. The number of nitrogen functional groups attached to an aromatic ring is 1. The maximum absolute atomic E-state index is 10.4. The Morgan fingerprint density at radius 3 is 2.93 bits per heavy atom. The van der Waals surface area contributed by atoms with Crippen molar-refractivity contribution in [1.82, 2.24) is 4.98 Å². The van der Waals surface area contributed by atoms with Crippen LogP contribution in [0.5, 0.6) is 0 Å². The predicted molar refractivity (Wildman–Crippen MR) is 53.1 cm³/mol. The maximum Gasteiger partial charge on any atom is 0.275 e. The SMILES string of the molecule is Nc1cc([N+](=O)[O-])cc(SCCO)n1. The summed E-state index contributed by atoms with van der Waals surface area (Å²) in [5.74, 6) is 0.549. The van der Waals surface area contributed by atoms with Gasteiger partial charge in [-0.2, -0.15) is 0 Å². The topological polar surface area (TPSA) is 102 Å². The zero-order valence-corrected chi connectivity index (χ0v) is 8.03. The second-order valence-corrected chi connectivity index (χ2v) is 3.53. The van der Waals surface area contributed by atoms with Crippen LogP contribution in [-0.4, -0.2) is 27.4 Å². The molecule has 0 aliphatic heterocycles. The van der Waals surface area contributed by atoms with Crippen LogP contribution in [0.1, 0.15) is 0 Å². The lowest BCUT2D eigenvalue weighted by molar-refractivity contribution is -0.385. The van der Waals surface area contributed by atoms with E-state index >= 15 is 0 Å². The van der Waals surface area contributed by atoms with Crippen molar-refractivity contribution in [1.29, 1.82) is 0 Å². The second-order valence-electron chi connectivity index (χ2n) is 2.42. The molecule has 0 unspecified atom stereocenters. The van der Waals surface area contributed by atoms with Gasteiger partial charge in [-0.05, 0) is 0 Å². The Bertz CT molecular complexity index is 345. The number of anilines is 1. The summed E-state index contributed by atoms with van der Waals surface area (Å²) < 4.78 is 0. The summed E-state index contributed by atoms with van der Waals surface area (Å²) in [7, 11) is 0. The number of hydrogen-bond acceptors (Lipinski definition) is 6. The van der Waals surface area contributed by atoms with Gasteiger partial charge < -0.3 is 10.8 Å². The molecule has 0 aliphatic carbocycles. The summed E-state index contributed by atoms with van der Waals surface area (Å²) in [6.07, 6.45) is 0. The number of hydrogen-bond donors (Lipinski definition) is 2. The first-order valence-electron chi connectivity index (χ1n) is 3.79. The van der Waals surface area contributed by atoms with E-state index in [-0.39, 0.29) is 18.1 Å². The third kappa shape index (κ3) is 2.86. The van der Waals surface area contributed by atoms with E-state index in [1.807, 2.05) is 0 Å². The van der Waals surface area contributed by atoms with E-state index in [0.717, 1.165) is 0 Å². The molecule has 6 nitrogen and oxygen atoms in total. The number of rotatable bonds is 4. The largest absolute Gasteiger partial charge is 0.396 e. The third-order valence-corrected chi connectivity index (χ3v) is 2.25. The first-order valence-corrected chi connectivity index (χ1v) is 4.77. The zero-order chi connectivity index (χ0) is 10.6.